The first-order chi connectivity index (χ1) is 8.67. The van der Waals surface area contributed by atoms with Crippen molar-refractivity contribution in [3.8, 4) is 5.75 Å². The Morgan fingerprint density at radius 3 is 2.89 bits per heavy atom. The maximum absolute atomic E-state index is 11.2. The summed E-state index contributed by atoms with van der Waals surface area (Å²) in [4.78, 5) is 11.2. The Morgan fingerprint density at radius 1 is 1.44 bits per heavy atom. The predicted octanol–water partition coefficient (Wildman–Crippen LogP) is 2.30. The molecule has 0 saturated heterocycles. The molecule has 0 heterocycles. The molecule has 0 aliphatic rings. The molecule has 0 amide bonds. The second-order valence-corrected chi connectivity index (χ2v) is 4.01. The van der Waals surface area contributed by atoms with Crippen LogP contribution < -0.4 is 10.1 Å². The van der Waals surface area contributed by atoms with E-state index in [4.69, 9.17) is 9.47 Å². The largest absolute Gasteiger partial charge is 0.497 e. The third-order valence-electron chi connectivity index (χ3n) is 2.68. The summed E-state index contributed by atoms with van der Waals surface area (Å²) in [6, 6.07) is 8.06. The average Bonchev–Trinajstić information content (AvgIpc) is 2.39. The van der Waals surface area contributed by atoms with Crippen molar-refractivity contribution in [1.82, 2.24) is 5.32 Å². The fourth-order valence-electron chi connectivity index (χ4n) is 1.65. The van der Waals surface area contributed by atoms with Crippen molar-refractivity contribution in [2.45, 2.75) is 26.3 Å². The van der Waals surface area contributed by atoms with Crippen molar-refractivity contribution < 1.29 is 14.3 Å². The summed E-state index contributed by atoms with van der Waals surface area (Å²) in [6.07, 6.45) is 0.391. The van der Waals surface area contributed by atoms with E-state index in [1.54, 1.807) is 7.11 Å². The lowest BCUT2D eigenvalue weighted by Gasteiger charge is -2.14. The van der Waals surface area contributed by atoms with E-state index in [0.717, 1.165) is 11.3 Å². The quantitative estimate of drug-likeness (QED) is 0.755. The Hall–Kier alpha value is -1.55. The van der Waals surface area contributed by atoms with Gasteiger partial charge in [0, 0.05) is 12.6 Å². The van der Waals surface area contributed by atoms with Crippen molar-refractivity contribution in [3.05, 3.63) is 29.8 Å². The highest BCUT2D eigenvalue weighted by Crippen LogP contribution is 2.18. The van der Waals surface area contributed by atoms with Crippen molar-refractivity contribution in [3.63, 3.8) is 0 Å². The third-order valence-corrected chi connectivity index (χ3v) is 2.68. The zero-order valence-corrected chi connectivity index (χ0v) is 11.2. The van der Waals surface area contributed by atoms with E-state index in [2.05, 4.69) is 12.2 Å². The lowest BCUT2D eigenvalue weighted by molar-refractivity contribution is -0.143. The first-order valence-corrected chi connectivity index (χ1v) is 6.20. The van der Waals surface area contributed by atoms with Crippen molar-refractivity contribution >= 4 is 5.97 Å². The molecule has 1 aromatic rings. The number of ether oxygens (including phenoxy) is 2. The van der Waals surface area contributed by atoms with E-state index < -0.39 is 0 Å². The predicted molar refractivity (Wildman–Crippen MR) is 70.7 cm³/mol. The topological polar surface area (TPSA) is 47.6 Å². The van der Waals surface area contributed by atoms with Gasteiger partial charge in [0.05, 0.1) is 20.1 Å². The molecule has 0 aliphatic carbocycles. The molecule has 0 aromatic heterocycles. The second-order valence-electron chi connectivity index (χ2n) is 4.01. The number of benzene rings is 1. The van der Waals surface area contributed by atoms with Crippen LogP contribution in [0.3, 0.4) is 0 Å². The summed E-state index contributed by atoms with van der Waals surface area (Å²) in [7, 11) is 1.65. The van der Waals surface area contributed by atoms with E-state index in [9.17, 15) is 4.79 Å². The van der Waals surface area contributed by atoms with Gasteiger partial charge in [-0.3, -0.25) is 4.79 Å². The summed E-state index contributed by atoms with van der Waals surface area (Å²) in [5.41, 5.74) is 1.14. The Labute approximate surface area is 108 Å². The van der Waals surface area contributed by atoms with E-state index in [1.165, 1.54) is 0 Å². The van der Waals surface area contributed by atoms with Gasteiger partial charge in [-0.25, -0.2) is 0 Å². The van der Waals surface area contributed by atoms with Crippen LogP contribution in [0.5, 0.6) is 5.75 Å². The minimum absolute atomic E-state index is 0.164. The molecular formula is C14H21NO3. The molecule has 100 valence electrons. The Bertz CT molecular complexity index is 379. The standard InChI is InChI=1S/C14H21NO3/c1-4-18-14(16)8-9-15-11(2)12-6-5-7-13(10-12)17-3/h5-7,10-11,15H,4,8-9H2,1-3H3/t11-/m1/s1. The van der Waals surface area contributed by atoms with Crippen LogP contribution in [0.25, 0.3) is 0 Å². The maximum Gasteiger partial charge on any atom is 0.307 e. The number of carbonyl (C=O) groups is 1. The molecule has 0 bridgehead atoms. The van der Waals surface area contributed by atoms with Crippen LogP contribution in [-0.2, 0) is 9.53 Å². The molecule has 1 N–H and O–H groups in total. The summed E-state index contributed by atoms with van der Waals surface area (Å²) in [5.74, 6) is 0.675. The lowest BCUT2D eigenvalue weighted by Crippen LogP contribution is -2.22. The van der Waals surface area contributed by atoms with Crippen molar-refractivity contribution in [2.75, 3.05) is 20.3 Å². The van der Waals surface area contributed by atoms with Crippen molar-refractivity contribution in [2.24, 2.45) is 0 Å². The monoisotopic (exact) mass is 251 g/mol. The Kier molecular flexibility index (Phi) is 6.22. The molecule has 0 unspecified atom stereocenters. The molecule has 1 aromatic carbocycles. The first kappa shape index (κ1) is 14.5. The fraction of sp³-hybridized carbons (Fsp3) is 0.500. The molecular weight excluding hydrogens is 230 g/mol. The smallest absolute Gasteiger partial charge is 0.307 e. The molecule has 0 fully saturated rings. The van der Waals surface area contributed by atoms with Gasteiger partial charge >= 0.3 is 5.97 Å². The number of esters is 1. The van der Waals surface area contributed by atoms with Gasteiger partial charge in [0.15, 0.2) is 0 Å². The maximum atomic E-state index is 11.2. The van der Waals surface area contributed by atoms with Gasteiger partial charge in [-0.15, -0.1) is 0 Å². The van der Waals surface area contributed by atoms with Crippen LogP contribution in [-0.4, -0.2) is 26.2 Å². The van der Waals surface area contributed by atoms with Gasteiger partial charge in [-0.05, 0) is 31.5 Å². The number of methoxy groups -OCH3 is 1. The molecule has 0 aliphatic heterocycles. The van der Waals surface area contributed by atoms with Gasteiger partial charge in [0.25, 0.3) is 0 Å². The number of hydrogen-bond acceptors (Lipinski definition) is 4. The fourth-order valence-corrected chi connectivity index (χ4v) is 1.65. The molecule has 4 heteroatoms. The summed E-state index contributed by atoms with van der Waals surface area (Å²) < 4.78 is 10.0. The van der Waals surface area contributed by atoms with Crippen molar-refractivity contribution in [1.29, 1.82) is 0 Å². The number of nitrogens with one attached hydrogen (secondary N) is 1. The minimum atomic E-state index is -0.164. The SMILES string of the molecule is CCOC(=O)CCN[C@H](C)c1cccc(OC)c1. The molecule has 0 saturated carbocycles. The Balaban J connectivity index is 2.40. The average molecular weight is 251 g/mol. The van der Waals surface area contributed by atoms with Gasteiger partial charge in [-0.1, -0.05) is 12.1 Å². The summed E-state index contributed by atoms with van der Waals surface area (Å²) in [6.45, 7) is 4.91. The highest BCUT2D eigenvalue weighted by Gasteiger charge is 2.07. The molecule has 1 atom stereocenters. The van der Waals surface area contributed by atoms with E-state index in [1.807, 2.05) is 31.2 Å². The van der Waals surface area contributed by atoms with Gasteiger partial charge in [0.1, 0.15) is 5.75 Å². The molecule has 0 radical (unpaired) electrons. The number of hydrogen-bond donors (Lipinski definition) is 1. The van der Waals surface area contributed by atoms with Crippen LogP contribution in [0.4, 0.5) is 0 Å². The molecule has 18 heavy (non-hydrogen) atoms. The normalized spacial score (nSPS) is 11.9. The zero-order valence-electron chi connectivity index (χ0n) is 11.2. The number of carbonyl (C=O) groups excluding carboxylic acids is 1. The van der Waals surface area contributed by atoms with Crippen LogP contribution in [0.1, 0.15) is 31.9 Å². The lowest BCUT2D eigenvalue weighted by atomic mass is 10.1. The third kappa shape index (κ3) is 4.75. The molecule has 0 spiro atoms. The zero-order chi connectivity index (χ0) is 13.4. The van der Waals surface area contributed by atoms with Crippen LogP contribution >= 0.6 is 0 Å². The van der Waals surface area contributed by atoms with Crippen LogP contribution in [0.2, 0.25) is 0 Å². The number of rotatable bonds is 7. The second kappa shape index (κ2) is 7.71. The van der Waals surface area contributed by atoms with Gasteiger partial charge in [0.2, 0.25) is 0 Å². The minimum Gasteiger partial charge on any atom is -0.497 e. The molecule has 4 nitrogen and oxygen atoms in total. The molecule has 1 rings (SSSR count). The highest BCUT2D eigenvalue weighted by atomic mass is 16.5. The highest BCUT2D eigenvalue weighted by molar-refractivity contribution is 5.69. The van der Waals surface area contributed by atoms with Crippen LogP contribution in [0.15, 0.2) is 24.3 Å². The van der Waals surface area contributed by atoms with Gasteiger partial charge < -0.3 is 14.8 Å². The van der Waals surface area contributed by atoms with Gasteiger partial charge in [-0.2, -0.15) is 0 Å². The van der Waals surface area contributed by atoms with E-state index in [-0.39, 0.29) is 12.0 Å². The first-order valence-electron chi connectivity index (χ1n) is 6.20. The van der Waals surface area contributed by atoms with E-state index in [0.29, 0.717) is 19.6 Å². The summed E-state index contributed by atoms with van der Waals surface area (Å²) >= 11 is 0. The van der Waals surface area contributed by atoms with E-state index >= 15 is 0 Å². The van der Waals surface area contributed by atoms with Crippen LogP contribution in [0, 0.1) is 0 Å². The Morgan fingerprint density at radius 2 is 2.22 bits per heavy atom. The summed E-state index contributed by atoms with van der Waals surface area (Å²) in [5, 5.41) is 3.28.